The fraction of sp³-hybridized carbons (Fsp3) is 0.0667. The topological polar surface area (TPSA) is 41.6 Å². The van der Waals surface area contributed by atoms with E-state index in [9.17, 15) is 4.39 Å². The fourth-order valence-corrected chi connectivity index (χ4v) is 2.74. The molecule has 1 heterocycles. The third-order valence-electron chi connectivity index (χ3n) is 3.12. The van der Waals surface area contributed by atoms with E-state index >= 15 is 0 Å². The summed E-state index contributed by atoms with van der Waals surface area (Å²) in [7, 11) is 0. The lowest BCUT2D eigenvalue weighted by atomic mass is 10.2. The van der Waals surface area contributed by atoms with Crippen LogP contribution >= 0.6 is 27.5 Å². The summed E-state index contributed by atoms with van der Waals surface area (Å²) >= 11 is 9.34. The number of imidazole rings is 1. The molecule has 2 aromatic carbocycles. The molecule has 0 aliphatic rings. The summed E-state index contributed by atoms with van der Waals surface area (Å²) in [4.78, 5) is 4.41. The SMILES string of the molecule is N#Cc1ccc(-n2c(CCl)nc3ccc(Br)cc32)c(F)c1. The molecule has 3 nitrogen and oxygen atoms in total. The highest BCUT2D eigenvalue weighted by molar-refractivity contribution is 9.10. The maximum Gasteiger partial charge on any atom is 0.148 e. The first-order valence-electron chi connectivity index (χ1n) is 6.07. The second kappa shape index (κ2) is 5.47. The third kappa shape index (κ3) is 2.41. The summed E-state index contributed by atoms with van der Waals surface area (Å²) in [6.45, 7) is 0. The molecule has 0 radical (unpaired) electrons. The quantitative estimate of drug-likeness (QED) is 0.627. The Morgan fingerprint density at radius 1 is 1.29 bits per heavy atom. The maximum atomic E-state index is 14.3. The van der Waals surface area contributed by atoms with Crippen LogP contribution in [0, 0.1) is 17.1 Å². The van der Waals surface area contributed by atoms with E-state index in [-0.39, 0.29) is 11.4 Å². The number of benzene rings is 2. The molecule has 21 heavy (non-hydrogen) atoms. The van der Waals surface area contributed by atoms with Crippen LogP contribution in [0.3, 0.4) is 0 Å². The summed E-state index contributed by atoms with van der Waals surface area (Å²) in [5, 5.41) is 8.83. The Balaban J connectivity index is 2.33. The van der Waals surface area contributed by atoms with Gasteiger partial charge in [-0.3, -0.25) is 4.57 Å². The number of nitrogens with zero attached hydrogens (tertiary/aromatic N) is 3. The van der Waals surface area contributed by atoms with Gasteiger partial charge in [-0.2, -0.15) is 5.26 Å². The van der Waals surface area contributed by atoms with E-state index in [0.29, 0.717) is 11.5 Å². The van der Waals surface area contributed by atoms with Crippen LogP contribution in [0.4, 0.5) is 4.39 Å². The Bertz CT molecular complexity index is 882. The van der Waals surface area contributed by atoms with Crippen LogP contribution in [0.1, 0.15) is 11.4 Å². The van der Waals surface area contributed by atoms with Crippen LogP contribution in [-0.4, -0.2) is 9.55 Å². The molecular formula is C15H8BrClFN3. The lowest BCUT2D eigenvalue weighted by molar-refractivity contribution is 0.617. The van der Waals surface area contributed by atoms with E-state index in [0.717, 1.165) is 15.5 Å². The molecule has 0 bridgehead atoms. The van der Waals surface area contributed by atoms with Crippen molar-refractivity contribution in [1.29, 1.82) is 5.26 Å². The number of hydrogen-bond acceptors (Lipinski definition) is 2. The number of hydrogen-bond donors (Lipinski definition) is 0. The number of halogens is 3. The minimum Gasteiger partial charge on any atom is -0.292 e. The lowest BCUT2D eigenvalue weighted by Crippen LogP contribution is -2.02. The Morgan fingerprint density at radius 2 is 2.10 bits per heavy atom. The van der Waals surface area contributed by atoms with Crippen molar-refractivity contribution >= 4 is 38.6 Å². The molecule has 0 atom stereocenters. The van der Waals surface area contributed by atoms with Gasteiger partial charge in [0.2, 0.25) is 0 Å². The predicted octanol–water partition coefficient (Wildman–Crippen LogP) is 4.54. The first-order chi connectivity index (χ1) is 10.1. The standard InChI is InChI=1S/C15H8BrClFN3/c16-10-2-3-12-14(6-10)21(15(7-17)20-12)13-4-1-9(8-19)5-11(13)18/h1-6H,7H2. The lowest BCUT2D eigenvalue weighted by Gasteiger charge is -2.09. The zero-order valence-corrected chi connectivity index (χ0v) is 13.0. The molecule has 0 fully saturated rings. The molecule has 6 heteroatoms. The summed E-state index contributed by atoms with van der Waals surface area (Å²) in [6, 6.07) is 11.8. The molecule has 0 saturated carbocycles. The summed E-state index contributed by atoms with van der Waals surface area (Å²) in [6.07, 6.45) is 0. The second-order valence-corrected chi connectivity index (χ2v) is 5.59. The number of alkyl halides is 1. The Hall–Kier alpha value is -1.90. The summed E-state index contributed by atoms with van der Waals surface area (Å²) in [5.74, 6) is 0.221. The zero-order chi connectivity index (χ0) is 15.0. The Kier molecular flexibility index (Phi) is 3.66. The van der Waals surface area contributed by atoms with Gasteiger partial charge in [-0.05, 0) is 36.4 Å². The van der Waals surface area contributed by atoms with E-state index in [1.165, 1.54) is 6.07 Å². The van der Waals surface area contributed by atoms with Crippen LogP contribution in [0.15, 0.2) is 40.9 Å². The third-order valence-corrected chi connectivity index (χ3v) is 3.86. The number of nitriles is 1. The minimum absolute atomic E-state index is 0.158. The van der Waals surface area contributed by atoms with Crippen LogP contribution in [-0.2, 0) is 5.88 Å². The first-order valence-corrected chi connectivity index (χ1v) is 7.39. The zero-order valence-electron chi connectivity index (χ0n) is 10.6. The number of rotatable bonds is 2. The predicted molar refractivity (Wildman–Crippen MR) is 83.0 cm³/mol. The molecule has 0 aliphatic heterocycles. The average Bonchev–Trinajstić information content (AvgIpc) is 2.84. The van der Waals surface area contributed by atoms with Crippen LogP contribution in [0.25, 0.3) is 16.7 Å². The molecular weight excluding hydrogens is 357 g/mol. The second-order valence-electron chi connectivity index (χ2n) is 4.41. The first kappa shape index (κ1) is 14.1. The summed E-state index contributed by atoms with van der Waals surface area (Å²) < 4.78 is 16.8. The van der Waals surface area contributed by atoms with Gasteiger partial charge in [0.1, 0.15) is 11.6 Å². The van der Waals surface area contributed by atoms with Crippen molar-refractivity contribution in [2.45, 2.75) is 5.88 Å². The Labute approximate surface area is 133 Å². The van der Waals surface area contributed by atoms with Crippen molar-refractivity contribution in [3.8, 4) is 11.8 Å². The van der Waals surface area contributed by atoms with Crippen molar-refractivity contribution in [2.24, 2.45) is 0 Å². The highest BCUT2D eigenvalue weighted by atomic mass is 79.9. The highest BCUT2D eigenvalue weighted by Gasteiger charge is 2.15. The maximum absolute atomic E-state index is 14.3. The van der Waals surface area contributed by atoms with E-state index in [1.54, 1.807) is 16.7 Å². The normalized spacial score (nSPS) is 10.8. The molecule has 104 valence electrons. The van der Waals surface area contributed by atoms with Gasteiger partial charge in [-0.15, -0.1) is 11.6 Å². The van der Waals surface area contributed by atoms with Gasteiger partial charge >= 0.3 is 0 Å². The fourth-order valence-electron chi connectivity index (χ4n) is 2.21. The minimum atomic E-state index is -0.486. The van der Waals surface area contributed by atoms with Crippen LogP contribution < -0.4 is 0 Å². The van der Waals surface area contributed by atoms with E-state index in [2.05, 4.69) is 20.9 Å². The van der Waals surface area contributed by atoms with E-state index < -0.39 is 5.82 Å². The molecule has 0 saturated heterocycles. The van der Waals surface area contributed by atoms with E-state index in [4.69, 9.17) is 16.9 Å². The monoisotopic (exact) mass is 363 g/mol. The summed E-state index contributed by atoms with van der Waals surface area (Å²) in [5.41, 5.74) is 2.08. The average molecular weight is 365 g/mol. The smallest absolute Gasteiger partial charge is 0.148 e. The molecule has 3 aromatic rings. The molecule has 0 N–H and O–H groups in total. The highest BCUT2D eigenvalue weighted by Crippen LogP contribution is 2.27. The van der Waals surface area contributed by atoms with Gasteiger partial charge in [-0.1, -0.05) is 15.9 Å². The van der Waals surface area contributed by atoms with Gasteiger partial charge in [-0.25, -0.2) is 9.37 Å². The number of fused-ring (bicyclic) bond motifs is 1. The molecule has 0 amide bonds. The van der Waals surface area contributed by atoms with Crippen molar-refractivity contribution in [2.75, 3.05) is 0 Å². The van der Waals surface area contributed by atoms with Gasteiger partial charge in [0.05, 0.1) is 34.2 Å². The van der Waals surface area contributed by atoms with Crippen LogP contribution in [0.5, 0.6) is 0 Å². The Morgan fingerprint density at radius 3 is 2.76 bits per heavy atom. The van der Waals surface area contributed by atoms with Crippen molar-refractivity contribution in [3.63, 3.8) is 0 Å². The van der Waals surface area contributed by atoms with E-state index in [1.807, 2.05) is 24.3 Å². The van der Waals surface area contributed by atoms with Gasteiger partial charge in [0.15, 0.2) is 0 Å². The molecule has 0 aliphatic carbocycles. The molecule has 3 rings (SSSR count). The molecule has 0 unspecified atom stereocenters. The number of aromatic nitrogens is 2. The van der Waals surface area contributed by atoms with Crippen LogP contribution in [0.2, 0.25) is 0 Å². The van der Waals surface area contributed by atoms with Gasteiger partial charge in [0.25, 0.3) is 0 Å². The largest absolute Gasteiger partial charge is 0.292 e. The van der Waals surface area contributed by atoms with Crippen molar-refractivity contribution in [1.82, 2.24) is 9.55 Å². The van der Waals surface area contributed by atoms with Crippen molar-refractivity contribution in [3.05, 3.63) is 58.1 Å². The van der Waals surface area contributed by atoms with Gasteiger partial charge < -0.3 is 0 Å². The van der Waals surface area contributed by atoms with Crippen molar-refractivity contribution < 1.29 is 4.39 Å². The molecule has 0 spiro atoms. The molecule has 1 aromatic heterocycles. The van der Waals surface area contributed by atoms with Gasteiger partial charge in [0, 0.05) is 4.47 Å².